The fourth-order valence-electron chi connectivity index (χ4n) is 2.92. The third-order valence-electron chi connectivity index (χ3n) is 4.45. The van der Waals surface area contributed by atoms with Crippen molar-refractivity contribution in [1.82, 2.24) is 14.8 Å². The van der Waals surface area contributed by atoms with E-state index in [1.807, 2.05) is 18.2 Å². The smallest absolute Gasteiger partial charge is 0.335 e. The van der Waals surface area contributed by atoms with Gasteiger partial charge in [-0.2, -0.15) is 0 Å². The minimum Gasteiger partial charge on any atom is -0.478 e. The number of rotatable bonds is 4. The lowest BCUT2D eigenvalue weighted by molar-refractivity contribution is -0.131. The molecule has 1 saturated heterocycles. The van der Waals surface area contributed by atoms with Crippen molar-refractivity contribution in [3.8, 4) is 0 Å². The van der Waals surface area contributed by atoms with Crippen molar-refractivity contribution in [3.63, 3.8) is 0 Å². The van der Waals surface area contributed by atoms with Crippen molar-refractivity contribution in [2.45, 2.75) is 6.42 Å². The molecule has 0 radical (unpaired) electrons. The van der Waals surface area contributed by atoms with Crippen molar-refractivity contribution in [3.05, 3.63) is 64.4 Å². The molecule has 1 aliphatic rings. The zero-order valence-corrected chi connectivity index (χ0v) is 15.2. The first-order valence-corrected chi connectivity index (χ1v) is 8.83. The van der Waals surface area contributed by atoms with Crippen LogP contribution in [0.15, 0.2) is 42.6 Å². The van der Waals surface area contributed by atoms with Gasteiger partial charge in [0, 0.05) is 37.4 Å². The first-order valence-electron chi connectivity index (χ1n) is 8.45. The molecule has 2 amide bonds. The number of nitrogens with zero attached hydrogens (tertiary/aromatic N) is 3. The van der Waals surface area contributed by atoms with E-state index in [2.05, 4.69) is 4.98 Å². The van der Waals surface area contributed by atoms with Crippen LogP contribution in [0, 0.1) is 0 Å². The van der Waals surface area contributed by atoms with Gasteiger partial charge in [0.2, 0.25) is 5.91 Å². The second-order valence-electron chi connectivity index (χ2n) is 6.18. The molecule has 140 valence electrons. The minimum absolute atomic E-state index is 0.0157. The largest absolute Gasteiger partial charge is 0.478 e. The van der Waals surface area contributed by atoms with Crippen LogP contribution < -0.4 is 0 Å². The van der Waals surface area contributed by atoms with Gasteiger partial charge >= 0.3 is 5.97 Å². The van der Waals surface area contributed by atoms with Crippen LogP contribution in [0.3, 0.4) is 0 Å². The van der Waals surface area contributed by atoms with E-state index in [-0.39, 0.29) is 29.5 Å². The number of pyridine rings is 1. The lowest BCUT2D eigenvalue weighted by atomic mass is 10.1. The summed E-state index contributed by atoms with van der Waals surface area (Å²) in [5, 5.41) is 9.59. The molecule has 1 aliphatic heterocycles. The molecule has 8 heteroatoms. The summed E-state index contributed by atoms with van der Waals surface area (Å²) < 4.78 is 0. The summed E-state index contributed by atoms with van der Waals surface area (Å²) in [5.41, 5.74) is 0.880. The zero-order chi connectivity index (χ0) is 19.4. The third-order valence-corrected chi connectivity index (χ3v) is 4.81. The monoisotopic (exact) mass is 387 g/mol. The average molecular weight is 388 g/mol. The predicted molar refractivity (Wildman–Crippen MR) is 98.8 cm³/mol. The van der Waals surface area contributed by atoms with Crippen LogP contribution in [0.2, 0.25) is 5.02 Å². The molecule has 27 heavy (non-hydrogen) atoms. The van der Waals surface area contributed by atoms with Gasteiger partial charge < -0.3 is 14.9 Å². The van der Waals surface area contributed by atoms with Crippen LogP contribution in [0.25, 0.3) is 0 Å². The number of aromatic nitrogens is 1. The number of aromatic carboxylic acids is 1. The highest BCUT2D eigenvalue weighted by Crippen LogP contribution is 2.17. The van der Waals surface area contributed by atoms with Crippen LogP contribution in [-0.4, -0.2) is 63.9 Å². The molecule has 1 fully saturated rings. The molecule has 3 rings (SSSR count). The van der Waals surface area contributed by atoms with Crippen LogP contribution in [0.4, 0.5) is 0 Å². The quantitative estimate of drug-likeness (QED) is 0.866. The summed E-state index contributed by atoms with van der Waals surface area (Å²) >= 11 is 6.10. The van der Waals surface area contributed by atoms with Crippen LogP contribution in [0.5, 0.6) is 0 Å². The highest BCUT2D eigenvalue weighted by Gasteiger charge is 2.26. The van der Waals surface area contributed by atoms with E-state index in [0.717, 1.165) is 5.56 Å². The number of amides is 2. The highest BCUT2D eigenvalue weighted by molar-refractivity contribution is 6.31. The van der Waals surface area contributed by atoms with Gasteiger partial charge in [-0.05, 0) is 23.8 Å². The fraction of sp³-hybridized carbons (Fsp3) is 0.263. The van der Waals surface area contributed by atoms with Gasteiger partial charge in [0.25, 0.3) is 5.91 Å². The van der Waals surface area contributed by atoms with Crippen molar-refractivity contribution in [2.24, 2.45) is 0 Å². The van der Waals surface area contributed by atoms with Gasteiger partial charge in [0.15, 0.2) is 0 Å². The van der Waals surface area contributed by atoms with Gasteiger partial charge in [-0.1, -0.05) is 29.8 Å². The van der Waals surface area contributed by atoms with E-state index < -0.39 is 5.97 Å². The topological polar surface area (TPSA) is 90.8 Å². The lowest BCUT2D eigenvalue weighted by Gasteiger charge is -2.34. The lowest BCUT2D eigenvalue weighted by Crippen LogP contribution is -2.51. The summed E-state index contributed by atoms with van der Waals surface area (Å²) in [7, 11) is 0. The fourth-order valence-corrected chi connectivity index (χ4v) is 3.12. The molecule has 0 spiro atoms. The Labute approximate surface area is 161 Å². The van der Waals surface area contributed by atoms with E-state index in [1.165, 1.54) is 18.3 Å². The molecule has 0 bridgehead atoms. The molecule has 7 nitrogen and oxygen atoms in total. The Balaban J connectivity index is 1.59. The number of benzene rings is 1. The molecule has 0 aliphatic carbocycles. The van der Waals surface area contributed by atoms with Gasteiger partial charge in [0.05, 0.1) is 12.0 Å². The number of halogens is 1. The summed E-state index contributed by atoms with van der Waals surface area (Å²) in [4.78, 5) is 43.3. The Hall–Kier alpha value is -2.93. The summed E-state index contributed by atoms with van der Waals surface area (Å²) in [6.07, 6.45) is 1.52. The number of carbonyl (C=O) groups excluding carboxylic acids is 2. The number of piperazine rings is 1. The van der Waals surface area contributed by atoms with E-state index >= 15 is 0 Å². The molecule has 1 aromatic heterocycles. The number of hydrogen-bond donors (Lipinski definition) is 1. The Bertz CT molecular complexity index is 879. The normalized spacial score (nSPS) is 14.1. The Morgan fingerprint density at radius 2 is 1.70 bits per heavy atom. The summed E-state index contributed by atoms with van der Waals surface area (Å²) in [6, 6.07) is 9.82. The van der Waals surface area contributed by atoms with Gasteiger partial charge in [-0.25, -0.2) is 4.79 Å². The first kappa shape index (κ1) is 18.8. The third kappa shape index (κ3) is 4.43. The van der Waals surface area contributed by atoms with Gasteiger partial charge in [0.1, 0.15) is 5.69 Å². The maximum Gasteiger partial charge on any atom is 0.335 e. The van der Waals surface area contributed by atoms with E-state index in [0.29, 0.717) is 31.2 Å². The molecule has 0 unspecified atom stereocenters. The van der Waals surface area contributed by atoms with E-state index in [4.69, 9.17) is 16.7 Å². The Kier molecular flexibility index (Phi) is 5.71. The molecule has 2 heterocycles. The summed E-state index contributed by atoms with van der Waals surface area (Å²) in [6.45, 7) is 1.56. The average Bonchev–Trinajstić information content (AvgIpc) is 2.69. The van der Waals surface area contributed by atoms with Crippen molar-refractivity contribution < 1.29 is 19.5 Å². The maximum atomic E-state index is 12.5. The molecule has 0 atom stereocenters. The van der Waals surface area contributed by atoms with Crippen LogP contribution in [0.1, 0.15) is 26.4 Å². The van der Waals surface area contributed by atoms with Crippen LogP contribution in [-0.2, 0) is 11.2 Å². The molecule has 0 saturated carbocycles. The first-order chi connectivity index (χ1) is 13.0. The molecular weight excluding hydrogens is 370 g/mol. The molecule has 1 aromatic carbocycles. The zero-order valence-electron chi connectivity index (χ0n) is 14.5. The predicted octanol–water partition coefficient (Wildman–Crippen LogP) is 1.96. The molecule has 1 N–H and O–H groups in total. The highest BCUT2D eigenvalue weighted by atomic mass is 35.5. The summed E-state index contributed by atoms with van der Waals surface area (Å²) in [5.74, 6) is -1.49. The van der Waals surface area contributed by atoms with Gasteiger partial charge in [-0.15, -0.1) is 0 Å². The SMILES string of the molecule is O=C(O)c1ccnc(C(=O)N2CCN(C(=O)Cc3ccccc3Cl)CC2)c1. The Morgan fingerprint density at radius 1 is 1.04 bits per heavy atom. The molecular formula is C19H18ClN3O4. The Morgan fingerprint density at radius 3 is 2.37 bits per heavy atom. The van der Waals surface area contributed by atoms with Gasteiger partial charge in [-0.3, -0.25) is 14.6 Å². The maximum absolute atomic E-state index is 12.5. The van der Waals surface area contributed by atoms with E-state index in [9.17, 15) is 14.4 Å². The minimum atomic E-state index is -1.11. The molecule has 2 aromatic rings. The van der Waals surface area contributed by atoms with Crippen LogP contribution >= 0.6 is 11.6 Å². The number of carbonyl (C=O) groups is 3. The number of carboxylic acid groups (broad SMARTS) is 1. The second kappa shape index (κ2) is 8.18. The number of carboxylic acids is 1. The van der Waals surface area contributed by atoms with Crippen molar-refractivity contribution in [1.29, 1.82) is 0 Å². The standard InChI is InChI=1S/C19H18ClN3O4/c20-15-4-2-1-3-13(15)12-17(24)22-7-9-23(10-8-22)18(25)16-11-14(19(26)27)5-6-21-16/h1-6,11H,7-10,12H2,(H,26,27). The van der Waals surface area contributed by atoms with Crippen molar-refractivity contribution >= 4 is 29.4 Å². The van der Waals surface area contributed by atoms with Crippen molar-refractivity contribution in [2.75, 3.05) is 26.2 Å². The van der Waals surface area contributed by atoms with E-state index in [1.54, 1.807) is 15.9 Å². The second-order valence-corrected chi connectivity index (χ2v) is 6.58. The number of hydrogen-bond acceptors (Lipinski definition) is 4.